The lowest BCUT2D eigenvalue weighted by Crippen LogP contribution is -2.20. The number of unbranched alkanes of at least 4 members (excludes halogenated alkanes) is 2. The normalized spacial score (nSPS) is 20.7. The van der Waals surface area contributed by atoms with Gasteiger partial charge >= 0.3 is 0 Å². The molecule has 4 aliphatic rings. The van der Waals surface area contributed by atoms with E-state index in [1.165, 1.54) is 76.1 Å². The van der Waals surface area contributed by atoms with Crippen LogP contribution in [0.4, 0.5) is 0 Å². The highest BCUT2D eigenvalue weighted by atomic mass is 14.9. The second-order valence-electron chi connectivity index (χ2n) is 14.7. The summed E-state index contributed by atoms with van der Waals surface area (Å²) in [6.45, 7) is 9.02. The summed E-state index contributed by atoms with van der Waals surface area (Å²) in [5.41, 5.74) is 25.6. The first kappa shape index (κ1) is 40.1. The Morgan fingerprint density at radius 2 is 1.88 bits per heavy atom. The second kappa shape index (κ2) is 22.3. The Hall–Kier alpha value is -3.70. The number of rotatable bonds is 21. The van der Waals surface area contributed by atoms with E-state index in [2.05, 4.69) is 86.8 Å². The number of hydrogen-bond donors (Lipinski definition) is 4. The molecule has 2 atom stereocenters. The van der Waals surface area contributed by atoms with Gasteiger partial charge in [0.15, 0.2) is 0 Å². The second-order valence-corrected chi connectivity index (χ2v) is 14.7. The van der Waals surface area contributed by atoms with Crippen LogP contribution in [0.5, 0.6) is 0 Å². The zero-order valence-electron chi connectivity index (χ0n) is 32.1. The van der Waals surface area contributed by atoms with Crippen molar-refractivity contribution in [2.24, 2.45) is 28.3 Å². The van der Waals surface area contributed by atoms with E-state index in [1.807, 2.05) is 0 Å². The summed E-state index contributed by atoms with van der Waals surface area (Å²) in [5, 5.41) is 11.6. The fourth-order valence-corrected chi connectivity index (χ4v) is 7.74. The summed E-state index contributed by atoms with van der Waals surface area (Å²) < 4.78 is 0. The number of aliphatic imine (C=N–C) groups is 1. The SMILES string of the molecule is CCCC/C(CCCCN)=N\CC1=C2C=CCCC2=C(/C(C)=C/C=C(CNC2=CC[C@H]3CCC=CC3=C2)/C(/C=C\CC(C=N)CCC)=C/N)CC1. The van der Waals surface area contributed by atoms with Crippen LogP contribution in [-0.4, -0.2) is 31.6 Å². The van der Waals surface area contributed by atoms with Crippen molar-refractivity contribution in [1.82, 2.24) is 5.32 Å². The third-order valence-corrected chi connectivity index (χ3v) is 10.9. The molecule has 0 heterocycles. The van der Waals surface area contributed by atoms with Crippen molar-refractivity contribution < 1.29 is 0 Å². The highest BCUT2D eigenvalue weighted by Crippen LogP contribution is 2.40. The van der Waals surface area contributed by atoms with Crippen LogP contribution in [0.2, 0.25) is 0 Å². The largest absolute Gasteiger partial charge is 0.404 e. The average molecular weight is 690 g/mol. The molecule has 0 saturated heterocycles. The van der Waals surface area contributed by atoms with Gasteiger partial charge in [0.1, 0.15) is 0 Å². The maximum Gasteiger partial charge on any atom is 0.0608 e. The van der Waals surface area contributed by atoms with Gasteiger partial charge in [-0.15, -0.1) is 0 Å². The summed E-state index contributed by atoms with van der Waals surface area (Å²) >= 11 is 0. The number of nitrogens with two attached hydrogens (primary N) is 2. The van der Waals surface area contributed by atoms with Crippen molar-refractivity contribution in [3.05, 3.63) is 117 Å². The predicted octanol–water partition coefficient (Wildman–Crippen LogP) is 11.0. The molecule has 0 bridgehead atoms. The van der Waals surface area contributed by atoms with Crippen molar-refractivity contribution in [1.29, 1.82) is 5.41 Å². The van der Waals surface area contributed by atoms with Gasteiger partial charge in [-0.05, 0) is 172 Å². The quantitative estimate of drug-likeness (QED) is 0.0548. The van der Waals surface area contributed by atoms with Gasteiger partial charge in [0.05, 0.1) is 6.54 Å². The first-order valence-electron chi connectivity index (χ1n) is 20.1. The summed E-state index contributed by atoms with van der Waals surface area (Å²) in [6.07, 6.45) is 44.0. The van der Waals surface area contributed by atoms with E-state index < -0.39 is 0 Å². The zero-order chi connectivity index (χ0) is 36.3. The van der Waals surface area contributed by atoms with Crippen molar-refractivity contribution in [3.8, 4) is 0 Å². The first-order valence-corrected chi connectivity index (χ1v) is 20.1. The lowest BCUT2D eigenvalue weighted by atomic mass is 9.78. The van der Waals surface area contributed by atoms with Crippen molar-refractivity contribution in [2.45, 2.75) is 124 Å². The molecule has 0 aliphatic heterocycles. The van der Waals surface area contributed by atoms with E-state index >= 15 is 0 Å². The zero-order valence-corrected chi connectivity index (χ0v) is 32.1. The van der Waals surface area contributed by atoms with E-state index in [1.54, 1.807) is 12.4 Å². The van der Waals surface area contributed by atoms with Gasteiger partial charge in [0, 0.05) is 24.2 Å². The lowest BCUT2D eigenvalue weighted by Gasteiger charge is -2.27. The van der Waals surface area contributed by atoms with Crippen LogP contribution in [-0.2, 0) is 0 Å². The van der Waals surface area contributed by atoms with Crippen LogP contribution < -0.4 is 16.8 Å². The summed E-state index contributed by atoms with van der Waals surface area (Å²) in [5.74, 6) is 0.929. The molecule has 0 aromatic heterocycles. The minimum absolute atomic E-state index is 0.273. The summed E-state index contributed by atoms with van der Waals surface area (Å²) in [4.78, 5) is 5.22. The van der Waals surface area contributed by atoms with Crippen LogP contribution in [0.1, 0.15) is 124 Å². The Morgan fingerprint density at radius 3 is 2.67 bits per heavy atom. The van der Waals surface area contributed by atoms with Crippen LogP contribution in [0.15, 0.2) is 122 Å². The van der Waals surface area contributed by atoms with Gasteiger partial charge < -0.3 is 22.2 Å². The van der Waals surface area contributed by atoms with Gasteiger partial charge in [0.25, 0.3) is 0 Å². The van der Waals surface area contributed by atoms with Gasteiger partial charge in [-0.2, -0.15) is 0 Å². The van der Waals surface area contributed by atoms with E-state index in [0.29, 0.717) is 12.5 Å². The minimum Gasteiger partial charge on any atom is -0.404 e. The number of fused-ring (bicyclic) bond motifs is 2. The molecule has 4 aliphatic carbocycles. The highest BCUT2D eigenvalue weighted by Gasteiger charge is 2.23. The van der Waals surface area contributed by atoms with Gasteiger partial charge in [-0.1, -0.05) is 81.4 Å². The van der Waals surface area contributed by atoms with Crippen LogP contribution in [0.3, 0.4) is 0 Å². The molecule has 1 unspecified atom stereocenters. The number of nitrogens with zero attached hydrogens (tertiary/aromatic N) is 1. The van der Waals surface area contributed by atoms with Crippen molar-refractivity contribution in [2.75, 3.05) is 19.6 Å². The Bertz CT molecular complexity index is 1520. The maximum absolute atomic E-state index is 7.84. The maximum atomic E-state index is 7.84. The number of nitrogens with one attached hydrogen (secondary N) is 2. The first-order chi connectivity index (χ1) is 25.0. The number of hydrogen-bond acceptors (Lipinski definition) is 5. The van der Waals surface area contributed by atoms with E-state index in [4.69, 9.17) is 21.9 Å². The molecule has 276 valence electrons. The lowest BCUT2D eigenvalue weighted by molar-refractivity contribution is 0.559. The monoisotopic (exact) mass is 690 g/mol. The molecule has 0 aromatic rings. The molecule has 0 aromatic carbocycles. The summed E-state index contributed by atoms with van der Waals surface area (Å²) in [6, 6.07) is 0. The van der Waals surface area contributed by atoms with Crippen molar-refractivity contribution >= 4 is 11.9 Å². The minimum atomic E-state index is 0.273. The highest BCUT2D eigenvalue weighted by molar-refractivity contribution is 5.84. The van der Waals surface area contributed by atoms with Crippen LogP contribution in [0.25, 0.3) is 0 Å². The van der Waals surface area contributed by atoms with E-state index in [0.717, 1.165) is 95.7 Å². The van der Waals surface area contributed by atoms with Crippen LogP contribution >= 0.6 is 0 Å². The average Bonchev–Trinajstić information content (AvgIpc) is 3.17. The molecule has 0 radical (unpaired) electrons. The Labute approximate surface area is 310 Å². The molecule has 5 heteroatoms. The fourth-order valence-electron chi connectivity index (χ4n) is 7.74. The number of allylic oxidation sites excluding steroid dienone is 15. The van der Waals surface area contributed by atoms with Gasteiger partial charge in [-0.25, -0.2) is 0 Å². The third kappa shape index (κ3) is 12.5. The molecule has 0 saturated carbocycles. The van der Waals surface area contributed by atoms with E-state index in [-0.39, 0.29) is 5.92 Å². The molecule has 4 rings (SSSR count). The Morgan fingerprint density at radius 1 is 1.04 bits per heavy atom. The molecular formula is C46H67N5. The molecule has 0 spiro atoms. The fraction of sp³-hybridized carbons (Fsp3) is 0.522. The predicted molar refractivity (Wildman–Crippen MR) is 222 cm³/mol. The molecule has 5 nitrogen and oxygen atoms in total. The Balaban J connectivity index is 1.59. The molecule has 51 heavy (non-hydrogen) atoms. The van der Waals surface area contributed by atoms with Crippen molar-refractivity contribution in [3.63, 3.8) is 0 Å². The topological polar surface area (TPSA) is 100 Å². The van der Waals surface area contributed by atoms with E-state index in [9.17, 15) is 0 Å². The molecular weight excluding hydrogens is 623 g/mol. The summed E-state index contributed by atoms with van der Waals surface area (Å²) in [7, 11) is 0. The van der Waals surface area contributed by atoms with Crippen LogP contribution in [0, 0.1) is 17.2 Å². The van der Waals surface area contributed by atoms with Gasteiger partial charge in [-0.3, -0.25) is 4.99 Å². The molecule has 6 N–H and O–H groups in total. The third-order valence-electron chi connectivity index (χ3n) is 10.9. The van der Waals surface area contributed by atoms with Gasteiger partial charge in [0.2, 0.25) is 0 Å². The smallest absolute Gasteiger partial charge is 0.0608 e. The molecule has 0 fully saturated rings. The Kier molecular flexibility index (Phi) is 17.5. The standard InChI is InChI=1S/C46H67N5/c1-4-6-19-42(20-11-12-29-47)50-34-41-26-28-44(46-22-10-9-21-45(41)46)35(3)23-24-40(39(32-49)18-13-15-36(31-48)14-5-2)33-51-43-27-25-37-16-7-8-17-38(37)30-43/h8-9,13,17-18,21,23-24,27,30-32,36-37,48,51H,4-7,10-12,14-16,19-20,22,25-26,28-29,33-34,47,49H2,1-3H3/b18-13-,35-23+,39-32+,40-24+,48-31?,50-42+/t36?,37-/m1/s1. The molecule has 0 amide bonds.